The second kappa shape index (κ2) is 7.16. The number of ketones is 1. The largest absolute Gasteiger partial charge is 0.370 e. The van der Waals surface area contributed by atoms with Crippen LogP contribution in [0, 0.1) is 0 Å². The van der Waals surface area contributed by atoms with Crippen molar-refractivity contribution in [1.82, 2.24) is 4.98 Å². The Hall–Kier alpha value is -1.23. The molecule has 1 N–H and O–H groups in total. The van der Waals surface area contributed by atoms with E-state index >= 15 is 0 Å². The molecule has 116 valence electrons. The van der Waals surface area contributed by atoms with Crippen molar-refractivity contribution in [2.24, 2.45) is 0 Å². The Kier molecular flexibility index (Phi) is 5.51. The van der Waals surface area contributed by atoms with Gasteiger partial charge in [0.15, 0.2) is 0 Å². The van der Waals surface area contributed by atoms with Crippen LogP contribution in [0.15, 0.2) is 12.1 Å². The number of aryl methyl sites for hydroxylation is 2. The number of hydrogen-bond acceptors (Lipinski definition) is 6. The van der Waals surface area contributed by atoms with Gasteiger partial charge in [-0.05, 0) is 30.9 Å². The average molecular weight is 312 g/mol. The maximum atomic E-state index is 11.9. The maximum Gasteiger partial charge on any atom is 0.337 e. The molecule has 7 heteroatoms. The van der Waals surface area contributed by atoms with Gasteiger partial charge >= 0.3 is 7.60 Å². The standard InChI is InChI=1S/C14H21N2O4P/c1-19-21(18,20-2)10-13(17)8-7-12-6-5-11-4-3-9-15-14(11)16-12/h5-6H,3-4,7-10H2,1-2H3,(H,15,16). The number of aromatic nitrogens is 1. The van der Waals surface area contributed by atoms with Crippen LogP contribution in [-0.2, 0) is 31.2 Å². The molecule has 2 rings (SSSR count). The van der Waals surface area contributed by atoms with Crippen LogP contribution in [-0.4, -0.2) is 37.7 Å². The molecule has 0 aromatic carbocycles. The van der Waals surface area contributed by atoms with Crippen LogP contribution in [0.5, 0.6) is 0 Å². The molecule has 6 nitrogen and oxygen atoms in total. The number of carbonyl (C=O) groups excluding carboxylic acids is 1. The molecule has 1 aliphatic heterocycles. The fourth-order valence-electron chi connectivity index (χ4n) is 2.27. The minimum absolute atomic E-state index is 0.144. The Balaban J connectivity index is 1.91. The number of carbonyl (C=O) groups is 1. The van der Waals surface area contributed by atoms with Crippen LogP contribution in [0.4, 0.5) is 5.82 Å². The van der Waals surface area contributed by atoms with E-state index in [1.54, 1.807) is 0 Å². The Morgan fingerprint density at radius 3 is 2.86 bits per heavy atom. The first-order chi connectivity index (χ1) is 10.1. The molecule has 0 fully saturated rings. The number of pyridine rings is 1. The lowest BCUT2D eigenvalue weighted by atomic mass is 10.1. The summed E-state index contributed by atoms with van der Waals surface area (Å²) in [5.41, 5.74) is 2.08. The summed E-state index contributed by atoms with van der Waals surface area (Å²) in [6.45, 7) is 0.938. The predicted octanol–water partition coefficient (Wildman–Crippen LogP) is 2.43. The molecule has 0 bridgehead atoms. The Morgan fingerprint density at radius 1 is 1.38 bits per heavy atom. The molecule has 0 aliphatic carbocycles. The number of hydrogen-bond donors (Lipinski definition) is 1. The van der Waals surface area contributed by atoms with Crippen molar-refractivity contribution in [3.05, 3.63) is 23.4 Å². The zero-order valence-electron chi connectivity index (χ0n) is 12.4. The lowest BCUT2D eigenvalue weighted by molar-refractivity contribution is -0.116. The fraction of sp³-hybridized carbons (Fsp3) is 0.571. The second-order valence-electron chi connectivity index (χ2n) is 5.01. The first kappa shape index (κ1) is 16.1. The van der Waals surface area contributed by atoms with E-state index in [0.29, 0.717) is 6.42 Å². The van der Waals surface area contributed by atoms with Gasteiger partial charge in [0.05, 0.1) is 0 Å². The summed E-state index contributed by atoms with van der Waals surface area (Å²) in [6.07, 6.45) is 2.78. The first-order valence-corrected chi connectivity index (χ1v) is 8.74. The molecule has 1 aromatic heterocycles. The zero-order valence-corrected chi connectivity index (χ0v) is 13.3. The highest BCUT2D eigenvalue weighted by atomic mass is 31.2. The molecule has 0 saturated carbocycles. The Bertz CT molecular complexity index is 554. The van der Waals surface area contributed by atoms with Crippen molar-refractivity contribution in [2.45, 2.75) is 25.7 Å². The average Bonchev–Trinajstić information content (AvgIpc) is 2.52. The van der Waals surface area contributed by atoms with Crippen molar-refractivity contribution < 1.29 is 18.4 Å². The monoisotopic (exact) mass is 312 g/mol. The van der Waals surface area contributed by atoms with Crippen molar-refractivity contribution in [3.63, 3.8) is 0 Å². The third-order valence-electron chi connectivity index (χ3n) is 3.54. The van der Waals surface area contributed by atoms with E-state index in [-0.39, 0.29) is 18.4 Å². The number of anilines is 1. The van der Waals surface area contributed by atoms with Crippen LogP contribution < -0.4 is 5.32 Å². The summed E-state index contributed by atoms with van der Waals surface area (Å²) >= 11 is 0. The smallest absolute Gasteiger partial charge is 0.337 e. The van der Waals surface area contributed by atoms with Crippen molar-refractivity contribution >= 4 is 19.2 Å². The minimum Gasteiger partial charge on any atom is -0.370 e. The second-order valence-corrected chi connectivity index (χ2v) is 7.28. The van der Waals surface area contributed by atoms with Gasteiger partial charge in [0.25, 0.3) is 0 Å². The van der Waals surface area contributed by atoms with E-state index in [0.717, 1.165) is 30.9 Å². The van der Waals surface area contributed by atoms with Crippen LogP contribution in [0.1, 0.15) is 24.1 Å². The Morgan fingerprint density at radius 2 is 2.14 bits per heavy atom. The topological polar surface area (TPSA) is 77.5 Å². The van der Waals surface area contributed by atoms with Gasteiger partial charge in [0.1, 0.15) is 17.8 Å². The number of rotatable bonds is 7. The summed E-state index contributed by atoms with van der Waals surface area (Å²) in [6, 6.07) is 4.01. The highest BCUT2D eigenvalue weighted by Crippen LogP contribution is 2.46. The Labute approximate surface area is 124 Å². The van der Waals surface area contributed by atoms with E-state index in [2.05, 4.69) is 16.4 Å². The number of nitrogens with one attached hydrogen (secondary N) is 1. The molecular formula is C14H21N2O4P. The predicted molar refractivity (Wildman–Crippen MR) is 80.9 cm³/mol. The van der Waals surface area contributed by atoms with Gasteiger partial charge in [-0.25, -0.2) is 4.98 Å². The molecule has 0 unspecified atom stereocenters. The van der Waals surface area contributed by atoms with Crippen molar-refractivity contribution in [1.29, 1.82) is 0 Å². The molecule has 0 atom stereocenters. The van der Waals surface area contributed by atoms with Crippen LogP contribution in [0.25, 0.3) is 0 Å². The number of nitrogens with zero attached hydrogens (tertiary/aromatic N) is 1. The van der Waals surface area contributed by atoms with Crippen LogP contribution >= 0.6 is 7.60 Å². The van der Waals surface area contributed by atoms with E-state index < -0.39 is 7.60 Å². The van der Waals surface area contributed by atoms with E-state index in [1.807, 2.05) is 6.07 Å². The van der Waals surface area contributed by atoms with Crippen molar-refractivity contribution in [3.8, 4) is 0 Å². The van der Waals surface area contributed by atoms with Gasteiger partial charge in [-0.15, -0.1) is 0 Å². The normalized spacial score (nSPS) is 14.4. The van der Waals surface area contributed by atoms with Crippen LogP contribution in [0.2, 0.25) is 0 Å². The molecular weight excluding hydrogens is 291 g/mol. The highest BCUT2D eigenvalue weighted by molar-refractivity contribution is 7.54. The van der Waals surface area contributed by atoms with E-state index in [1.165, 1.54) is 19.8 Å². The van der Waals surface area contributed by atoms with E-state index in [4.69, 9.17) is 9.05 Å². The molecule has 0 saturated heterocycles. The summed E-state index contributed by atoms with van der Waals surface area (Å²) in [5, 5.41) is 3.27. The van der Waals surface area contributed by atoms with Gasteiger partial charge in [0, 0.05) is 32.9 Å². The lowest BCUT2D eigenvalue weighted by Crippen LogP contribution is -2.14. The van der Waals surface area contributed by atoms with Gasteiger partial charge < -0.3 is 14.4 Å². The highest BCUT2D eigenvalue weighted by Gasteiger charge is 2.25. The van der Waals surface area contributed by atoms with Gasteiger partial charge in [0.2, 0.25) is 0 Å². The fourth-order valence-corrected chi connectivity index (χ4v) is 3.27. The summed E-state index contributed by atoms with van der Waals surface area (Å²) in [5.74, 6) is 0.778. The SMILES string of the molecule is COP(=O)(CC(=O)CCc1ccc2c(n1)NCCC2)OC. The summed E-state index contributed by atoms with van der Waals surface area (Å²) in [7, 11) is -0.688. The van der Waals surface area contributed by atoms with Gasteiger partial charge in [-0.1, -0.05) is 6.07 Å². The maximum absolute atomic E-state index is 11.9. The molecule has 21 heavy (non-hydrogen) atoms. The molecule has 0 spiro atoms. The quantitative estimate of drug-likeness (QED) is 0.779. The zero-order chi connectivity index (χ0) is 15.3. The third-order valence-corrected chi connectivity index (χ3v) is 5.39. The lowest BCUT2D eigenvalue weighted by Gasteiger charge is -2.17. The van der Waals surface area contributed by atoms with Gasteiger partial charge in [-0.2, -0.15) is 0 Å². The summed E-state index contributed by atoms with van der Waals surface area (Å²) < 4.78 is 21.4. The van der Waals surface area contributed by atoms with Gasteiger partial charge in [-0.3, -0.25) is 9.36 Å². The minimum atomic E-state index is -3.26. The molecule has 0 amide bonds. The van der Waals surface area contributed by atoms with Crippen LogP contribution in [0.3, 0.4) is 0 Å². The third kappa shape index (κ3) is 4.37. The number of Topliss-reactive ketones (excluding diaryl/α,β-unsaturated/α-hetero) is 1. The number of fused-ring (bicyclic) bond motifs is 1. The molecule has 1 aliphatic rings. The molecule has 1 aromatic rings. The van der Waals surface area contributed by atoms with E-state index in [9.17, 15) is 9.36 Å². The van der Waals surface area contributed by atoms with Crippen molar-refractivity contribution in [2.75, 3.05) is 32.2 Å². The molecule has 2 heterocycles. The first-order valence-electron chi connectivity index (χ1n) is 7.01. The molecule has 0 radical (unpaired) electrons. The summed E-state index contributed by atoms with van der Waals surface area (Å²) in [4.78, 5) is 16.4.